The minimum atomic E-state index is 0.328. The molecule has 2 heterocycles. The Kier molecular flexibility index (Phi) is 8.48. The molecule has 0 aromatic carbocycles. The second-order valence-electron chi connectivity index (χ2n) is 10.1. The Morgan fingerprint density at radius 1 is 0.935 bits per heavy atom. The second kappa shape index (κ2) is 11.5. The summed E-state index contributed by atoms with van der Waals surface area (Å²) in [5, 5.41) is 7.11. The zero-order chi connectivity index (χ0) is 21.5. The summed E-state index contributed by atoms with van der Waals surface area (Å²) in [6, 6.07) is 0.514. The van der Waals surface area contributed by atoms with Crippen molar-refractivity contribution in [2.75, 3.05) is 65.4 Å². The molecule has 1 atom stereocenters. The number of carbonyl (C=O) groups is 1. The van der Waals surface area contributed by atoms with Crippen LogP contribution in [-0.2, 0) is 4.79 Å². The number of aliphatic imine (C=N–C) groups is 1. The lowest BCUT2D eigenvalue weighted by Gasteiger charge is -2.38. The maximum absolute atomic E-state index is 12.4. The van der Waals surface area contributed by atoms with Crippen molar-refractivity contribution in [2.45, 2.75) is 64.3 Å². The van der Waals surface area contributed by atoms with Crippen LogP contribution in [0.25, 0.3) is 0 Å². The van der Waals surface area contributed by atoms with E-state index in [1.165, 1.54) is 51.6 Å². The third-order valence-corrected chi connectivity index (χ3v) is 7.77. The van der Waals surface area contributed by atoms with Gasteiger partial charge in [-0.2, -0.15) is 0 Å². The number of piperazine rings is 1. The van der Waals surface area contributed by atoms with Gasteiger partial charge in [-0.15, -0.1) is 0 Å². The van der Waals surface area contributed by atoms with E-state index in [0.717, 1.165) is 77.1 Å². The standard InChI is InChI=1S/C24H44N6O/c1-2-25-24(27-22-10-12-29(19-22)18-20-6-3-4-7-20)26-11-13-28-14-16-30(17-15-28)23(31)21-8-5-9-21/h20-22H,2-19H2,1H3,(H2,25,26,27). The molecule has 1 amide bonds. The van der Waals surface area contributed by atoms with E-state index < -0.39 is 0 Å². The summed E-state index contributed by atoms with van der Waals surface area (Å²) in [5.41, 5.74) is 0. The number of hydrogen-bond donors (Lipinski definition) is 2. The maximum atomic E-state index is 12.4. The predicted octanol–water partition coefficient (Wildman–Crippen LogP) is 1.75. The quantitative estimate of drug-likeness (QED) is 0.452. The Bertz CT molecular complexity index is 593. The lowest BCUT2D eigenvalue weighted by Crippen LogP contribution is -2.51. The summed E-state index contributed by atoms with van der Waals surface area (Å²) in [4.78, 5) is 24.5. The van der Waals surface area contributed by atoms with Gasteiger partial charge in [-0.05, 0) is 44.9 Å². The van der Waals surface area contributed by atoms with E-state index in [1.807, 2.05) is 0 Å². The molecule has 0 aromatic rings. The van der Waals surface area contributed by atoms with Crippen LogP contribution < -0.4 is 10.6 Å². The van der Waals surface area contributed by atoms with Crippen LogP contribution in [0.4, 0.5) is 0 Å². The molecule has 0 aromatic heterocycles. The van der Waals surface area contributed by atoms with Crippen LogP contribution >= 0.6 is 0 Å². The number of amides is 1. The number of nitrogens with zero attached hydrogens (tertiary/aromatic N) is 4. The summed E-state index contributed by atoms with van der Waals surface area (Å²) in [6.07, 6.45) is 10.4. The first-order chi connectivity index (χ1) is 15.2. The van der Waals surface area contributed by atoms with E-state index in [1.54, 1.807) is 0 Å². The van der Waals surface area contributed by atoms with E-state index in [-0.39, 0.29) is 0 Å². The fourth-order valence-corrected chi connectivity index (χ4v) is 5.60. The summed E-state index contributed by atoms with van der Waals surface area (Å²) >= 11 is 0. The highest BCUT2D eigenvalue weighted by Crippen LogP contribution is 2.28. The van der Waals surface area contributed by atoms with Crippen molar-refractivity contribution >= 4 is 11.9 Å². The van der Waals surface area contributed by atoms with Crippen LogP contribution in [0.1, 0.15) is 58.3 Å². The molecule has 1 unspecified atom stereocenters. The molecule has 0 radical (unpaired) electrons. The van der Waals surface area contributed by atoms with Gasteiger partial charge in [0.1, 0.15) is 0 Å². The first-order valence-electron chi connectivity index (χ1n) is 13.0. The van der Waals surface area contributed by atoms with Crippen molar-refractivity contribution in [2.24, 2.45) is 16.8 Å². The second-order valence-corrected chi connectivity index (χ2v) is 10.1. The molecule has 2 aliphatic heterocycles. The van der Waals surface area contributed by atoms with Crippen molar-refractivity contribution in [1.82, 2.24) is 25.3 Å². The Morgan fingerprint density at radius 2 is 1.71 bits per heavy atom. The van der Waals surface area contributed by atoms with Gasteiger partial charge >= 0.3 is 0 Å². The van der Waals surface area contributed by atoms with Crippen LogP contribution in [-0.4, -0.2) is 98.1 Å². The summed E-state index contributed by atoms with van der Waals surface area (Å²) in [5.74, 6) is 2.63. The fraction of sp³-hybridized carbons (Fsp3) is 0.917. The normalized spacial score (nSPS) is 26.9. The van der Waals surface area contributed by atoms with Crippen LogP contribution in [0, 0.1) is 11.8 Å². The molecule has 7 nitrogen and oxygen atoms in total. The summed E-state index contributed by atoms with van der Waals surface area (Å²) in [6.45, 7) is 12.2. The predicted molar refractivity (Wildman–Crippen MR) is 126 cm³/mol. The first-order valence-corrected chi connectivity index (χ1v) is 13.0. The van der Waals surface area contributed by atoms with Crippen LogP contribution in [0.5, 0.6) is 0 Å². The lowest BCUT2D eigenvalue weighted by atomic mass is 9.84. The van der Waals surface area contributed by atoms with E-state index >= 15 is 0 Å². The molecule has 31 heavy (non-hydrogen) atoms. The summed E-state index contributed by atoms with van der Waals surface area (Å²) < 4.78 is 0. The van der Waals surface area contributed by atoms with Crippen molar-refractivity contribution in [3.05, 3.63) is 0 Å². The molecular formula is C24H44N6O. The fourth-order valence-electron chi connectivity index (χ4n) is 5.60. The average molecular weight is 433 g/mol. The van der Waals surface area contributed by atoms with Gasteiger partial charge in [0.25, 0.3) is 0 Å². The molecule has 2 N–H and O–H groups in total. The zero-order valence-corrected chi connectivity index (χ0v) is 19.7. The van der Waals surface area contributed by atoms with Crippen LogP contribution in [0.15, 0.2) is 4.99 Å². The molecule has 0 spiro atoms. The molecule has 176 valence electrons. The Hall–Kier alpha value is -1.34. The molecule has 2 aliphatic carbocycles. The number of nitrogens with one attached hydrogen (secondary N) is 2. The molecule has 0 bridgehead atoms. The molecule has 4 fully saturated rings. The van der Waals surface area contributed by atoms with Gasteiger partial charge in [-0.3, -0.25) is 14.7 Å². The molecule has 2 saturated carbocycles. The Balaban J connectivity index is 1.15. The third-order valence-electron chi connectivity index (χ3n) is 7.77. The van der Waals surface area contributed by atoms with Crippen molar-refractivity contribution in [3.8, 4) is 0 Å². The smallest absolute Gasteiger partial charge is 0.225 e. The highest BCUT2D eigenvalue weighted by atomic mass is 16.2. The van der Waals surface area contributed by atoms with E-state index in [0.29, 0.717) is 17.9 Å². The van der Waals surface area contributed by atoms with Gasteiger partial charge < -0.3 is 20.4 Å². The van der Waals surface area contributed by atoms with Crippen LogP contribution in [0.2, 0.25) is 0 Å². The van der Waals surface area contributed by atoms with E-state index in [4.69, 9.17) is 4.99 Å². The first kappa shape index (κ1) is 22.8. The molecule has 7 heteroatoms. The number of carbonyl (C=O) groups excluding carboxylic acids is 1. The third kappa shape index (κ3) is 6.58. The van der Waals surface area contributed by atoms with Gasteiger partial charge in [0.2, 0.25) is 5.91 Å². The van der Waals surface area contributed by atoms with Gasteiger partial charge in [0, 0.05) is 70.9 Å². The number of hydrogen-bond acceptors (Lipinski definition) is 4. The largest absolute Gasteiger partial charge is 0.357 e. The minimum absolute atomic E-state index is 0.328. The molecule has 4 aliphatic rings. The number of likely N-dealkylation sites (tertiary alicyclic amines) is 1. The topological polar surface area (TPSA) is 63.2 Å². The Morgan fingerprint density at radius 3 is 2.39 bits per heavy atom. The minimum Gasteiger partial charge on any atom is -0.357 e. The van der Waals surface area contributed by atoms with Gasteiger partial charge in [-0.1, -0.05) is 19.3 Å². The average Bonchev–Trinajstić information content (AvgIpc) is 3.40. The highest BCUT2D eigenvalue weighted by Gasteiger charge is 2.31. The number of guanidine groups is 1. The van der Waals surface area contributed by atoms with E-state index in [9.17, 15) is 4.79 Å². The highest BCUT2D eigenvalue weighted by molar-refractivity contribution is 5.80. The van der Waals surface area contributed by atoms with Gasteiger partial charge in [-0.25, -0.2) is 0 Å². The number of rotatable bonds is 8. The maximum Gasteiger partial charge on any atom is 0.225 e. The van der Waals surface area contributed by atoms with Gasteiger partial charge in [0.05, 0.1) is 6.54 Å². The summed E-state index contributed by atoms with van der Waals surface area (Å²) in [7, 11) is 0. The SMILES string of the molecule is CCNC(=NCCN1CCN(C(=O)C2CCC2)CC1)NC1CCN(CC2CCCC2)C1. The van der Waals surface area contributed by atoms with Crippen molar-refractivity contribution in [1.29, 1.82) is 0 Å². The monoisotopic (exact) mass is 432 g/mol. The Labute approximate surface area is 189 Å². The van der Waals surface area contributed by atoms with E-state index in [2.05, 4.69) is 32.3 Å². The molecule has 2 saturated heterocycles. The van der Waals surface area contributed by atoms with Crippen LogP contribution in [0.3, 0.4) is 0 Å². The molecular weight excluding hydrogens is 388 g/mol. The lowest BCUT2D eigenvalue weighted by molar-refractivity contribution is -0.139. The zero-order valence-electron chi connectivity index (χ0n) is 19.7. The van der Waals surface area contributed by atoms with Crippen molar-refractivity contribution in [3.63, 3.8) is 0 Å². The van der Waals surface area contributed by atoms with Crippen molar-refractivity contribution < 1.29 is 4.79 Å². The molecule has 4 rings (SSSR count). The van der Waals surface area contributed by atoms with Gasteiger partial charge in [0.15, 0.2) is 5.96 Å².